The lowest BCUT2D eigenvalue weighted by Gasteiger charge is -2.35. The van der Waals surface area contributed by atoms with Gasteiger partial charge in [0, 0.05) is 34.3 Å². The third kappa shape index (κ3) is 3.72. The van der Waals surface area contributed by atoms with Crippen molar-refractivity contribution in [3.63, 3.8) is 0 Å². The van der Waals surface area contributed by atoms with Gasteiger partial charge in [-0.1, -0.05) is 53.9 Å². The SMILES string of the molecule is C=CCn1c(SC(C=O)N2c3ccccc3Sc3ccccc32)nnc1-c1ccncc1. The van der Waals surface area contributed by atoms with Crippen LogP contribution in [-0.4, -0.2) is 31.4 Å². The third-order valence-electron chi connectivity index (χ3n) is 5.03. The number of benzene rings is 2. The van der Waals surface area contributed by atoms with Crippen molar-refractivity contribution in [1.82, 2.24) is 19.7 Å². The summed E-state index contributed by atoms with van der Waals surface area (Å²) in [7, 11) is 0. The summed E-state index contributed by atoms with van der Waals surface area (Å²) in [5.41, 5.74) is 2.92. The second-order valence-corrected chi connectivity index (χ2v) is 9.16. The Bertz CT molecular complexity index is 1230. The summed E-state index contributed by atoms with van der Waals surface area (Å²) in [6.45, 7) is 4.41. The quantitative estimate of drug-likeness (QED) is 0.208. The monoisotopic (exact) mass is 457 g/mol. The van der Waals surface area contributed by atoms with E-state index in [2.05, 4.69) is 38.8 Å². The first kappa shape index (κ1) is 20.5. The predicted molar refractivity (Wildman–Crippen MR) is 128 cm³/mol. The van der Waals surface area contributed by atoms with Crippen molar-refractivity contribution in [3.8, 4) is 11.4 Å². The van der Waals surface area contributed by atoms with Gasteiger partial charge in [-0.15, -0.1) is 16.8 Å². The van der Waals surface area contributed by atoms with Gasteiger partial charge in [0.05, 0.1) is 11.4 Å². The number of hydrogen-bond donors (Lipinski definition) is 0. The van der Waals surface area contributed by atoms with E-state index >= 15 is 0 Å². The predicted octanol–water partition coefficient (Wildman–Crippen LogP) is 5.45. The molecule has 5 rings (SSSR count). The van der Waals surface area contributed by atoms with E-state index in [-0.39, 0.29) is 0 Å². The van der Waals surface area contributed by atoms with E-state index in [4.69, 9.17) is 0 Å². The standard InChI is InChI=1S/C24H19N5OS2/c1-2-15-28-23(17-11-13-25-14-12-17)26-27-24(28)32-22(16-30)29-18-7-3-5-9-20(18)31-21-10-6-4-8-19(21)29/h2-14,16,22H,1,15H2. The maximum absolute atomic E-state index is 12.4. The third-order valence-corrected chi connectivity index (χ3v) is 7.24. The lowest BCUT2D eigenvalue weighted by atomic mass is 10.2. The van der Waals surface area contributed by atoms with Gasteiger partial charge in [-0.3, -0.25) is 9.55 Å². The summed E-state index contributed by atoms with van der Waals surface area (Å²) >= 11 is 3.09. The highest BCUT2D eigenvalue weighted by atomic mass is 32.2. The summed E-state index contributed by atoms with van der Waals surface area (Å²) in [4.78, 5) is 20.8. The maximum Gasteiger partial charge on any atom is 0.194 e. The highest BCUT2D eigenvalue weighted by Gasteiger charge is 2.31. The number of para-hydroxylation sites is 2. The number of pyridine rings is 1. The van der Waals surface area contributed by atoms with Crippen LogP contribution in [0.3, 0.4) is 0 Å². The van der Waals surface area contributed by atoms with E-state index < -0.39 is 5.37 Å². The van der Waals surface area contributed by atoms with Crippen LogP contribution in [0, 0.1) is 0 Å². The number of nitrogens with zero attached hydrogens (tertiary/aromatic N) is 5. The van der Waals surface area contributed by atoms with Crippen LogP contribution in [0.15, 0.2) is 101 Å². The van der Waals surface area contributed by atoms with Crippen molar-refractivity contribution < 1.29 is 4.79 Å². The number of carbonyl (C=O) groups excluding carboxylic acids is 1. The Labute approximate surface area is 194 Å². The Morgan fingerprint density at radius 1 is 0.969 bits per heavy atom. The molecule has 2 aromatic heterocycles. The Hall–Kier alpha value is -3.36. The molecule has 8 heteroatoms. The molecule has 0 radical (unpaired) electrons. The molecule has 32 heavy (non-hydrogen) atoms. The number of anilines is 2. The first-order valence-electron chi connectivity index (χ1n) is 10.0. The number of carbonyl (C=O) groups is 1. The number of fused-ring (bicyclic) bond motifs is 2. The van der Waals surface area contributed by atoms with Crippen LogP contribution in [0.1, 0.15) is 0 Å². The zero-order valence-electron chi connectivity index (χ0n) is 17.0. The van der Waals surface area contributed by atoms with Gasteiger partial charge in [0.25, 0.3) is 0 Å². The second-order valence-electron chi connectivity index (χ2n) is 6.99. The van der Waals surface area contributed by atoms with Crippen LogP contribution in [0.5, 0.6) is 0 Å². The minimum atomic E-state index is -0.517. The summed E-state index contributed by atoms with van der Waals surface area (Å²) in [5.74, 6) is 0.717. The number of hydrogen-bond acceptors (Lipinski definition) is 7. The van der Waals surface area contributed by atoms with Crippen LogP contribution in [0.2, 0.25) is 0 Å². The van der Waals surface area contributed by atoms with Gasteiger partial charge in [0.15, 0.2) is 17.3 Å². The molecule has 1 aliphatic rings. The minimum Gasteiger partial charge on any atom is -0.320 e. The topological polar surface area (TPSA) is 63.9 Å². The fourth-order valence-electron chi connectivity index (χ4n) is 3.64. The van der Waals surface area contributed by atoms with E-state index in [0.717, 1.165) is 38.8 Å². The van der Waals surface area contributed by atoms with Gasteiger partial charge in [0.1, 0.15) is 5.37 Å². The largest absolute Gasteiger partial charge is 0.320 e. The first-order chi connectivity index (χ1) is 15.8. The van der Waals surface area contributed by atoms with E-state index in [1.54, 1.807) is 30.2 Å². The zero-order valence-corrected chi connectivity index (χ0v) is 18.7. The molecule has 158 valence electrons. The molecule has 3 heterocycles. The van der Waals surface area contributed by atoms with Gasteiger partial charge in [-0.05, 0) is 36.4 Å². The van der Waals surface area contributed by atoms with E-state index in [1.807, 2.05) is 53.1 Å². The second kappa shape index (κ2) is 9.02. The van der Waals surface area contributed by atoms with Crippen molar-refractivity contribution >= 4 is 41.2 Å². The van der Waals surface area contributed by atoms with E-state index in [9.17, 15) is 4.79 Å². The lowest BCUT2D eigenvalue weighted by molar-refractivity contribution is -0.107. The van der Waals surface area contributed by atoms with Crippen LogP contribution in [0.25, 0.3) is 11.4 Å². The lowest BCUT2D eigenvalue weighted by Crippen LogP contribution is -2.32. The number of allylic oxidation sites excluding steroid dienone is 1. The normalized spacial score (nSPS) is 13.2. The molecule has 6 nitrogen and oxygen atoms in total. The number of aromatic nitrogens is 4. The maximum atomic E-state index is 12.4. The van der Waals surface area contributed by atoms with E-state index in [1.165, 1.54) is 11.8 Å². The van der Waals surface area contributed by atoms with Crippen molar-refractivity contribution in [1.29, 1.82) is 0 Å². The van der Waals surface area contributed by atoms with Gasteiger partial charge in [0.2, 0.25) is 0 Å². The van der Waals surface area contributed by atoms with Crippen molar-refractivity contribution in [2.45, 2.75) is 26.9 Å². The molecule has 0 saturated heterocycles. The summed E-state index contributed by atoms with van der Waals surface area (Å²) < 4.78 is 1.97. The summed E-state index contributed by atoms with van der Waals surface area (Å²) in [6.07, 6.45) is 6.22. The van der Waals surface area contributed by atoms with Gasteiger partial charge in [-0.25, -0.2) is 0 Å². The Morgan fingerprint density at radius 2 is 1.62 bits per heavy atom. The molecule has 1 atom stereocenters. The highest BCUT2D eigenvalue weighted by molar-refractivity contribution is 8.00. The molecule has 1 unspecified atom stereocenters. The fourth-order valence-corrected chi connectivity index (χ4v) is 5.69. The molecule has 0 spiro atoms. The molecule has 0 fully saturated rings. The van der Waals surface area contributed by atoms with Gasteiger partial charge in [-0.2, -0.15) is 0 Å². The average molecular weight is 458 g/mol. The molecule has 4 aromatic rings. The molecule has 1 aliphatic heterocycles. The molecule has 0 aliphatic carbocycles. The number of aldehydes is 1. The molecule has 0 saturated carbocycles. The Morgan fingerprint density at radius 3 is 2.25 bits per heavy atom. The van der Waals surface area contributed by atoms with E-state index in [0.29, 0.717) is 11.7 Å². The summed E-state index contributed by atoms with van der Waals surface area (Å²) in [6, 6.07) is 20.1. The molecular weight excluding hydrogens is 438 g/mol. The zero-order chi connectivity index (χ0) is 21.9. The average Bonchev–Trinajstić information content (AvgIpc) is 3.24. The van der Waals surface area contributed by atoms with Gasteiger partial charge < -0.3 is 9.69 Å². The smallest absolute Gasteiger partial charge is 0.194 e. The fraction of sp³-hybridized carbons (Fsp3) is 0.0833. The first-order valence-corrected chi connectivity index (χ1v) is 11.7. The van der Waals surface area contributed by atoms with Crippen LogP contribution in [-0.2, 0) is 11.3 Å². The van der Waals surface area contributed by atoms with Crippen molar-refractivity contribution in [2.24, 2.45) is 0 Å². The number of thioether (sulfide) groups is 1. The van der Waals surface area contributed by atoms with Crippen LogP contribution in [0.4, 0.5) is 11.4 Å². The number of rotatable bonds is 7. The molecule has 0 bridgehead atoms. The highest BCUT2D eigenvalue weighted by Crippen LogP contribution is 2.50. The Balaban J connectivity index is 1.56. The van der Waals surface area contributed by atoms with Crippen LogP contribution < -0.4 is 4.90 Å². The van der Waals surface area contributed by atoms with Gasteiger partial charge >= 0.3 is 0 Å². The molecule has 0 amide bonds. The van der Waals surface area contributed by atoms with Crippen molar-refractivity contribution in [3.05, 3.63) is 85.7 Å². The van der Waals surface area contributed by atoms with Crippen molar-refractivity contribution in [2.75, 3.05) is 4.90 Å². The molecule has 2 aromatic carbocycles. The minimum absolute atomic E-state index is 0.517. The van der Waals surface area contributed by atoms with Crippen LogP contribution >= 0.6 is 23.5 Å². The molecular formula is C24H19N5OS2. The molecule has 0 N–H and O–H groups in total. The Kier molecular flexibility index (Phi) is 5.79. The summed E-state index contributed by atoms with van der Waals surface area (Å²) in [5, 5.41) is 8.96.